The fourth-order valence-corrected chi connectivity index (χ4v) is 2.00. The molecular formula is C9H11ClN4OS. The summed E-state index contributed by atoms with van der Waals surface area (Å²) in [6, 6.07) is 0.465. The Labute approximate surface area is 102 Å². The molecule has 2 aromatic rings. The standard InChI is InChI=1S/C9H11ClN4OS/c1-6(8-11-4-5-16-8)12-9-14-13-7(15-9)2-3-10/h4-6H,2-3H2,1H3,(H,12,14). The Kier molecular flexibility index (Phi) is 3.74. The molecule has 0 aliphatic carbocycles. The Balaban J connectivity index is 1.98. The lowest BCUT2D eigenvalue weighted by Crippen LogP contribution is -2.06. The second kappa shape index (κ2) is 5.27. The number of rotatable bonds is 5. The minimum absolute atomic E-state index is 0.0595. The van der Waals surface area contributed by atoms with Crippen LogP contribution < -0.4 is 5.32 Å². The average Bonchev–Trinajstić information content (AvgIpc) is 2.89. The molecule has 0 saturated carbocycles. The lowest BCUT2D eigenvalue weighted by molar-refractivity contribution is 0.508. The molecule has 0 saturated heterocycles. The van der Waals surface area contributed by atoms with Crippen molar-refractivity contribution in [2.24, 2.45) is 0 Å². The van der Waals surface area contributed by atoms with Gasteiger partial charge in [-0.1, -0.05) is 5.10 Å². The molecule has 0 aliphatic heterocycles. The van der Waals surface area contributed by atoms with E-state index in [9.17, 15) is 0 Å². The molecule has 1 N–H and O–H groups in total. The van der Waals surface area contributed by atoms with E-state index >= 15 is 0 Å². The molecule has 0 bridgehead atoms. The third-order valence-corrected chi connectivity index (χ3v) is 3.08. The minimum Gasteiger partial charge on any atom is -0.408 e. The quantitative estimate of drug-likeness (QED) is 0.835. The molecule has 16 heavy (non-hydrogen) atoms. The highest BCUT2D eigenvalue weighted by atomic mass is 35.5. The predicted octanol–water partition coefficient (Wildman–Crippen LogP) is 2.48. The Morgan fingerprint density at radius 3 is 3.12 bits per heavy atom. The summed E-state index contributed by atoms with van der Waals surface area (Å²) in [5.41, 5.74) is 0. The molecule has 0 fully saturated rings. The van der Waals surface area contributed by atoms with Gasteiger partial charge in [-0.15, -0.1) is 28.0 Å². The van der Waals surface area contributed by atoms with Gasteiger partial charge in [0.2, 0.25) is 5.89 Å². The van der Waals surface area contributed by atoms with Gasteiger partial charge in [-0.05, 0) is 6.92 Å². The second-order valence-corrected chi connectivity index (χ2v) is 4.48. The van der Waals surface area contributed by atoms with E-state index in [0.29, 0.717) is 24.2 Å². The zero-order chi connectivity index (χ0) is 11.4. The fourth-order valence-electron chi connectivity index (χ4n) is 1.19. The molecule has 0 aliphatic rings. The molecule has 7 heteroatoms. The summed E-state index contributed by atoms with van der Waals surface area (Å²) in [6.07, 6.45) is 2.35. The maximum Gasteiger partial charge on any atom is 0.316 e. The Morgan fingerprint density at radius 1 is 1.56 bits per heavy atom. The first-order valence-corrected chi connectivity index (χ1v) is 6.25. The van der Waals surface area contributed by atoms with Crippen LogP contribution >= 0.6 is 22.9 Å². The highest BCUT2D eigenvalue weighted by Crippen LogP contribution is 2.19. The van der Waals surface area contributed by atoms with E-state index in [-0.39, 0.29) is 6.04 Å². The smallest absolute Gasteiger partial charge is 0.316 e. The van der Waals surface area contributed by atoms with Gasteiger partial charge in [-0.3, -0.25) is 0 Å². The number of alkyl halides is 1. The van der Waals surface area contributed by atoms with Crippen LogP contribution in [0.25, 0.3) is 0 Å². The Bertz CT molecular complexity index is 430. The van der Waals surface area contributed by atoms with Crippen molar-refractivity contribution in [3.8, 4) is 0 Å². The van der Waals surface area contributed by atoms with Crippen LogP contribution in [-0.2, 0) is 6.42 Å². The number of hydrogen-bond acceptors (Lipinski definition) is 6. The zero-order valence-electron chi connectivity index (χ0n) is 8.68. The summed E-state index contributed by atoms with van der Waals surface area (Å²) in [6.45, 7) is 1.99. The lowest BCUT2D eigenvalue weighted by Gasteiger charge is -2.07. The van der Waals surface area contributed by atoms with Crippen molar-refractivity contribution >= 4 is 29.0 Å². The topological polar surface area (TPSA) is 63.8 Å². The number of hydrogen-bond donors (Lipinski definition) is 1. The van der Waals surface area contributed by atoms with E-state index in [2.05, 4.69) is 20.5 Å². The van der Waals surface area contributed by atoms with Crippen LogP contribution in [0.15, 0.2) is 16.0 Å². The van der Waals surface area contributed by atoms with Gasteiger partial charge >= 0.3 is 6.01 Å². The normalized spacial score (nSPS) is 12.6. The number of nitrogens with zero attached hydrogens (tertiary/aromatic N) is 3. The first-order chi connectivity index (χ1) is 7.79. The van der Waals surface area contributed by atoms with Gasteiger partial charge in [0.1, 0.15) is 5.01 Å². The summed E-state index contributed by atoms with van der Waals surface area (Å²) in [5, 5.41) is 13.7. The van der Waals surface area contributed by atoms with Crippen LogP contribution in [-0.4, -0.2) is 21.1 Å². The number of nitrogens with one attached hydrogen (secondary N) is 1. The van der Waals surface area contributed by atoms with Gasteiger partial charge in [0.15, 0.2) is 0 Å². The SMILES string of the molecule is CC(Nc1nnc(CCCl)o1)c1nccs1. The molecule has 2 aromatic heterocycles. The van der Waals surface area contributed by atoms with Crippen molar-refractivity contribution < 1.29 is 4.42 Å². The number of aryl methyl sites for hydroxylation is 1. The number of halogens is 1. The molecular weight excluding hydrogens is 248 g/mol. The van der Waals surface area contributed by atoms with Crippen LogP contribution in [0.1, 0.15) is 23.9 Å². The van der Waals surface area contributed by atoms with Crippen LogP contribution in [0.2, 0.25) is 0 Å². The van der Waals surface area contributed by atoms with E-state index in [1.807, 2.05) is 12.3 Å². The molecule has 0 radical (unpaired) electrons. The molecule has 1 atom stereocenters. The molecule has 86 valence electrons. The summed E-state index contributed by atoms with van der Waals surface area (Å²) < 4.78 is 5.35. The Hall–Kier alpha value is -1.14. The molecule has 5 nitrogen and oxygen atoms in total. The summed E-state index contributed by atoms with van der Waals surface area (Å²) in [4.78, 5) is 4.20. The van der Waals surface area contributed by atoms with Gasteiger partial charge in [0.05, 0.1) is 6.04 Å². The van der Waals surface area contributed by atoms with Gasteiger partial charge in [-0.25, -0.2) is 4.98 Å². The lowest BCUT2D eigenvalue weighted by atomic mass is 10.4. The van der Waals surface area contributed by atoms with Crippen molar-refractivity contribution in [3.63, 3.8) is 0 Å². The highest BCUT2D eigenvalue weighted by molar-refractivity contribution is 7.09. The third kappa shape index (κ3) is 2.70. The van der Waals surface area contributed by atoms with Crippen molar-refractivity contribution in [1.82, 2.24) is 15.2 Å². The maximum atomic E-state index is 5.58. The highest BCUT2D eigenvalue weighted by Gasteiger charge is 2.12. The summed E-state index contributed by atoms with van der Waals surface area (Å²) >= 11 is 7.16. The first-order valence-electron chi connectivity index (χ1n) is 4.84. The number of thiazole rings is 1. The largest absolute Gasteiger partial charge is 0.408 e. The monoisotopic (exact) mass is 258 g/mol. The van der Waals surface area contributed by atoms with E-state index in [0.717, 1.165) is 5.01 Å². The van der Waals surface area contributed by atoms with Gasteiger partial charge in [-0.2, -0.15) is 0 Å². The van der Waals surface area contributed by atoms with Crippen molar-refractivity contribution in [3.05, 3.63) is 22.5 Å². The van der Waals surface area contributed by atoms with E-state index in [4.69, 9.17) is 16.0 Å². The predicted molar refractivity (Wildman–Crippen MR) is 62.9 cm³/mol. The summed E-state index contributed by atoms with van der Waals surface area (Å²) in [5.74, 6) is 1.02. The maximum absolute atomic E-state index is 5.58. The molecule has 2 heterocycles. The fraction of sp³-hybridized carbons (Fsp3) is 0.444. The first kappa shape index (κ1) is 11.3. The van der Waals surface area contributed by atoms with E-state index in [1.165, 1.54) is 0 Å². The van der Waals surface area contributed by atoms with Crippen molar-refractivity contribution in [2.45, 2.75) is 19.4 Å². The van der Waals surface area contributed by atoms with Gasteiger partial charge in [0.25, 0.3) is 0 Å². The minimum atomic E-state index is 0.0595. The zero-order valence-corrected chi connectivity index (χ0v) is 10.3. The molecule has 0 spiro atoms. The Morgan fingerprint density at radius 2 is 2.44 bits per heavy atom. The molecule has 0 aromatic carbocycles. The van der Waals surface area contributed by atoms with Crippen molar-refractivity contribution in [2.75, 3.05) is 11.2 Å². The molecule has 2 rings (SSSR count). The molecule has 0 amide bonds. The van der Waals surface area contributed by atoms with Gasteiger partial charge in [0, 0.05) is 23.9 Å². The van der Waals surface area contributed by atoms with Gasteiger partial charge < -0.3 is 9.73 Å². The van der Waals surface area contributed by atoms with Crippen LogP contribution in [0.5, 0.6) is 0 Å². The number of aromatic nitrogens is 3. The number of anilines is 1. The van der Waals surface area contributed by atoms with Crippen LogP contribution in [0.3, 0.4) is 0 Å². The van der Waals surface area contributed by atoms with Crippen LogP contribution in [0, 0.1) is 0 Å². The summed E-state index contributed by atoms with van der Waals surface area (Å²) in [7, 11) is 0. The van der Waals surface area contributed by atoms with E-state index < -0.39 is 0 Å². The third-order valence-electron chi connectivity index (χ3n) is 1.94. The average molecular weight is 259 g/mol. The second-order valence-electron chi connectivity index (χ2n) is 3.18. The van der Waals surface area contributed by atoms with E-state index in [1.54, 1.807) is 17.5 Å². The van der Waals surface area contributed by atoms with Crippen LogP contribution in [0.4, 0.5) is 6.01 Å². The molecule has 1 unspecified atom stereocenters. The van der Waals surface area contributed by atoms with Crippen molar-refractivity contribution in [1.29, 1.82) is 0 Å².